The third-order valence-electron chi connectivity index (χ3n) is 3.46. The van der Waals surface area contributed by atoms with E-state index in [1.165, 1.54) is 6.07 Å². The van der Waals surface area contributed by atoms with Gasteiger partial charge >= 0.3 is 0 Å². The molecule has 1 fully saturated rings. The summed E-state index contributed by atoms with van der Waals surface area (Å²) >= 11 is 0. The quantitative estimate of drug-likeness (QED) is 0.759. The molecule has 2 heterocycles. The number of hydrogen-bond donors (Lipinski definition) is 2. The van der Waals surface area contributed by atoms with Crippen molar-refractivity contribution in [2.45, 2.75) is 44.4 Å². The first kappa shape index (κ1) is 16.5. The second kappa shape index (κ2) is 7.40. The van der Waals surface area contributed by atoms with E-state index in [0.29, 0.717) is 30.8 Å². The van der Waals surface area contributed by atoms with E-state index in [9.17, 15) is 8.42 Å². The third-order valence-corrected chi connectivity index (χ3v) is 4.79. The van der Waals surface area contributed by atoms with Gasteiger partial charge in [0.2, 0.25) is 5.09 Å². The molecule has 1 aromatic rings. The van der Waals surface area contributed by atoms with Crippen LogP contribution in [-0.4, -0.2) is 34.2 Å². The molecule has 0 bridgehead atoms. The van der Waals surface area contributed by atoms with Gasteiger partial charge in [0.25, 0.3) is 10.0 Å². The average Bonchev–Trinajstić information content (AvgIpc) is 3.07. The van der Waals surface area contributed by atoms with Crippen LogP contribution < -0.4 is 10.0 Å². The van der Waals surface area contributed by atoms with Crippen LogP contribution in [0.3, 0.4) is 0 Å². The first-order valence-corrected chi connectivity index (χ1v) is 8.85. The predicted molar refractivity (Wildman–Crippen MR) is 79.4 cm³/mol. The Balaban J connectivity index is 1.83. The molecule has 1 aliphatic heterocycles. The molecule has 0 radical (unpaired) electrons. The Hall–Kier alpha value is -0.890. The maximum atomic E-state index is 12.1. The standard InChI is InChI=1S/C14H24N2O4S/c1-11(2)15-9-13-3-4-14(20-13)21(17,18)16-7-5-12-6-8-19-10-12/h3-4,11-12,15-16H,5-10H2,1-2H3. The largest absolute Gasteiger partial charge is 0.447 e. The Morgan fingerprint density at radius 2 is 2.19 bits per heavy atom. The van der Waals surface area contributed by atoms with Gasteiger partial charge < -0.3 is 14.5 Å². The van der Waals surface area contributed by atoms with Crippen molar-refractivity contribution in [1.29, 1.82) is 0 Å². The minimum atomic E-state index is -3.55. The fraction of sp³-hybridized carbons (Fsp3) is 0.714. The van der Waals surface area contributed by atoms with Gasteiger partial charge in [-0.1, -0.05) is 13.8 Å². The molecule has 0 saturated carbocycles. The highest BCUT2D eigenvalue weighted by atomic mass is 32.2. The summed E-state index contributed by atoms with van der Waals surface area (Å²) in [6.07, 6.45) is 1.80. The first-order chi connectivity index (χ1) is 9.97. The Kier molecular flexibility index (Phi) is 5.80. The topological polar surface area (TPSA) is 80.6 Å². The van der Waals surface area contributed by atoms with Crippen LogP contribution >= 0.6 is 0 Å². The third kappa shape index (κ3) is 5.10. The molecule has 120 valence electrons. The number of hydrogen-bond acceptors (Lipinski definition) is 5. The zero-order valence-corrected chi connectivity index (χ0v) is 13.4. The Labute approximate surface area is 126 Å². The van der Waals surface area contributed by atoms with Gasteiger partial charge in [0.1, 0.15) is 5.76 Å². The van der Waals surface area contributed by atoms with Crippen LogP contribution in [0.15, 0.2) is 21.6 Å². The summed E-state index contributed by atoms with van der Waals surface area (Å²) in [6.45, 7) is 6.49. The monoisotopic (exact) mass is 316 g/mol. The molecule has 2 rings (SSSR count). The number of ether oxygens (including phenoxy) is 1. The maximum Gasteiger partial charge on any atom is 0.273 e. The fourth-order valence-electron chi connectivity index (χ4n) is 2.18. The molecule has 1 unspecified atom stereocenters. The smallest absolute Gasteiger partial charge is 0.273 e. The first-order valence-electron chi connectivity index (χ1n) is 7.37. The number of nitrogens with one attached hydrogen (secondary N) is 2. The summed E-state index contributed by atoms with van der Waals surface area (Å²) < 4.78 is 37.4. The molecule has 1 aliphatic rings. The highest BCUT2D eigenvalue weighted by Crippen LogP contribution is 2.17. The lowest BCUT2D eigenvalue weighted by Gasteiger charge is -2.08. The fourth-order valence-corrected chi connectivity index (χ4v) is 3.17. The normalized spacial score (nSPS) is 19.5. The van der Waals surface area contributed by atoms with E-state index in [-0.39, 0.29) is 5.09 Å². The minimum Gasteiger partial charge on any atom is -0.447 e. The van der Waals surface area contributed by atoms with Gasteiger partial charge in [-0.15, -0.1) is 0 Å². The van der Waals surface area contributed by atoms with Gasteiger partial charge in [0, 0.05) is 25.8 Å². The second-order valence-electron chi connectivity index (χ2n) is 5.67. The van der Waals surface area contributed by atoms with Crippen LogP contribution in [0.5, 0.6) is 0 Å². The summed E-state index contributed by atoms with van der Waals surface area (Å²) in [4.78, 5) is 0. The SMILES string of the molecule is CC(C)NCc1ccc(S(=O)(=O)NCCC2CCOC2)o1. The lowest BCUT2D eigenvalue weighted by atomic mass is 10.1. The van der Waals surface area contributed by atoms with Gasteiger partial charge in [-0.05, 0) is 30.9 Å². The van der Waals surface area contributed by atoms with Crippen molar-refractivity contribution in [2.24, 2.45) is 5.92 Å². The summed E-state index contributed by atoms with van der Waals surface area (Å²) in [5.41, 5.74) is 0. The Bertz CT molecular complexity index is 533. The molecular weight excluding hydrogens is 292 g/mol. The molecule has 1 atom stereocenters. The molecule has 0 aromatic carbocycles. The van der Waals surface area contributed by atoms with Crippen molar-refractivity contribution in [2.75, 3.05) is 19.8 Å². The Morgan fingerprint density at radius 3 is 2.86 bits per heavy atom. The molecule has 0 amide bonds. The molecule has 7 heteroatoms. The van der Waals surface area contributed by atoms with E-state index < -0.39 is 10.0 Å². The second-order valence-corrected chi connectivity index (χ2v) is 7.37. The van der Waals surface area contributed by atoms with Crippen LogP contribution in [0.1, 0.15) is 32.4 Å². The van der Waals surface area contributed by atoms with Crippen LogP contribution in [0.4, 0.5) is 0 Å². The van der Waals surface area contributed by atoms with Gasteiger partial charge in [0.15, 0.2) is 0 Å². The number of sulfonamides is 1. The minimum absolute atomic E-state index is 0.0225. The van der Waals surface area contributed by atoms with Gasteiger partial charge in [-0.25, -0.2) is 13.1 Å². The van der Waals surface area contributed by atoms with E-state index in [4.69, 9.17) is 9.15 Å². The molecule has 0 aliphatic carbocycles. The Morgan fingerprint density at radius 1 is 1.38 bits per heavy atom. The maximum absolute atomic E-state index is 12.1. The summed E-state index contributed by atoms with van der Waals surface area (Å²) in [5, 5.41) is 3.16. The molecule has 1 aromatic heterocycles. The zero-order valence-electron chi connectivity index (χ0n) is 12.6. The van der Waals surface area contributed by atoms with E-state index in [0.717, 1.165) is 26.1 Å². The molecule has 21 heavy (non-hydrogen) atoms. The molecule has 1 saturated heterocycles. The van der Waals surface area contributed by atoms with Crippen LogP contribution in [-0.2, 0) is 21.3 Å². The van der Waals surface area contributed by atoms with E-state index in [2.05, 4.69) is 10.0 Å². The van der Waals surface area contributed by atoms with Crippen molar-refractivity contribution < 1.29 is 17.6 Å². The van der Waals surface area contributed by atoms with E-state index in [1.807, 2.05) is 13.8 Å². The van der Waals surface area contributed by atoms with Crippen molar-refractivity contribution in [3.8, 4) is 0 Å². The van der Waals surface area contributed by atoms with Gasteiger partial charge in [-0.2, -0.15) is 0 Å². The van der Waals surface area contributed by atoms with Crippen LogP contribution in [0, 0.1) is 5.92 Å². The average molecular weight is 316 g/mol. The van der Waals surface area contributed by atoms with E-state index >= 15 is 0 Å². The van der Waals surface area contributed by atoms with Gasteiger partial charge in [0.05, 0.1) is 6.54 Å². The number of rotatable bonds is 8. The van der Waals surface area contributed by atoms with Crippen molar-refractivity contribution >= 4 is 10.0 Å². The summed E-state index contributed by atoms with van der Waals surface area (Å²) in [7, 11) is -3.55. The van der Waals surface area contributed by atoms with Crippen molar-refractivity contribution in [3.63, 3.8) is 0 Å². The molecule has 0 spiro atoms. The lowest BCUT2D eigenvalue weighted by Crippen LogP contribution is -2.26. The predicted octanol–water partition coefficient (Wildman–Crippen LogP) is 1.48. The summed E-state index contributed by atoms with van der Waals surface area (Å²) in [5.74, 6) is 1.07. The molecular formula is C14H24N2O4S. The van der Waals surface area contributed by atoms with Crippen LogP contribution in [0.25, 0.3) is 0 Å². The summed E-state index contributed by atoms with van der Waals surface area (Å²) in [6, 6.07) is 3.51. The van der Waals surface area contributed by atoms with Gasteiger partial charge in [-0.3, -0.25) is 0 Å². The molecule has 2 N–H and O–H groups in total. The van der Waals surface area contributed by atoms with Crippen LogP contribution in [0.2, 0.25) is 0 Å². The van der Waals surface area contributed by atoms with Crippen molar-refractivity contribution in [3.05, 3.63) is 17.9 Å². The highest BCUT2D eigenvalue weighted by molar-refractivity contribution is 7.89. The highest BCUT2D eigenvalue weighted by Gasteiger charge is 2.20. The van der Waals surface area contributed by atoms with Crippen molar-refractivity contribution in [1.82, 2.24) is 10.0 Å². The molecule has 6 nitrogen and oxygen atoms in total. The zero-order chi connectivity index (χ0) is 15.3. The number of furan rings is 1. The lowest BCUT2D eigenvalue weighted by molar-refractivity contribution is 0.184. The van der Waals surface area contributed by atoms with E-state index in [1.54, 1.807) is 6.07 Å².